The topological polar surface area (TPSA) is 78.0 Å². The third-order valence-electron chi connectivity index (χ3n) is 3.91. The molecule has 0 spiro atoms. The number of aliphatic hydroxyl groups is 1. The number of nitrogens with one attached hydrogen (secondary N) is 2. The van der Waals surface area contributed by atoms with Gasteiger partial charge in [-0.1, -0.05) is 42.5 Å². The van der Waals surface area contributed by atoms with E-state index in [1.807, 2.05) is 30.3 Å². The van der Waals surface area contributed by atoms with Crippen LogP contribution in [0.4, 0.5) is 4.39 Å². The summed E-state index contributed by atoms with van der Waals surface area (Å²) in [6.45, 7) is 0.288. The van der Waals surface area contributed by atoms with Crippen molar-refractivity contribution >= 4 is 5.91 Å². The van der Waals surface area contributed by atoms with Gasteiger partial charge in [-0.05, 0) is 24.1 Å². The summed E-state index contributed by atoms with van der Waals surface area (Å²) in [6.07, 6.45) is 1.09. The number of carbonyl (C=O) groups excluding carboxylic acids is 1. The van der Waals surface area contributed by atoms with Crippen molar-refractivity contribution in [3.8, 4) is 11.3 Å². The highest BCUT2D eigenvalue weighted by Crippen LogP contribution is 2.24. The van der Waals surface area contributed by atoms with Crippen molar-refractivity contribution in [2.45, 2.75) is 12.5 Å². The lowest BCUT2D eigenvalue weighted by Crippen LogP contribution is -2.25. The number of aromatic amines is 1. The number of halogens is 1. The number of aromatic nitrogens is 2. The van der Waals surface area contributed by atoms with Gasteiger partial charge in [-0.25, -0.2) is 4.39 Å². The second kappa shape index (κ2) is 7.72. The monoisotopic (exact) mass is 339 g/mol. The minimum absolute atomic E-state index is 0.263. The molecule has 0 aliphatic heterocycles. The molecule has 0 radical (unpaired) electrons. The molecule has 3 aromatic rings. The van der Waals surface area contributed by atoms with Crippen LogP contribution < -0.4 is 5.32 Å². The summed E-state index contributed by atoms with van der Waals surface area (Å²) in [5, 5.41) is 19.4. The highest BCUT2D eigenvalue weighted by Gasteiger charge is 2.17. The molecule has 6 heteroatoms. The van der Waals surface area contributed by atoms with Crippen LogP contribution in [0.25, 0.3) is 11.3 Å². The zero-order valence-electron chi connectivity index (χ0n) is 13.4. The Balaban J connectivity index is 1.63. The predicted molar refractivity (Wildman–Crippen MR) is 92.3 cm³/mol. The maximum Gasteiger partial charge on any atom is 0.255 e. The van der Waals surface area contributed by atoms with Gasteiger partial charge >= 0.3 is 0 Å². The van der Waals surface area contributed by atoms with Crippen LogP contribution >= 0.6 is 0 Å². The maximum atomic E-state index is 13.9. The largest absolute Gasteiger partial charge is 0.388 e. The van der Waals surface area contributed by atoms with E-state index in [-0.39, 0.29) is 23.6 Å². The Bertz CT molecular complexity index is 849. The number of nitrogens with zero attached hydrogens (tertiary/aromatic N) is 1. The van der Waals surface area contributed by atoms with Crippen LogP contribution in [0.15, 0.2) is 60.8 Å². The van der Waals surface area contributed by atoms with Crippen molar-refractivity contribution in [2.24, 2.45) is 0 Å². The van der Waals surface area contributed by atoms with E-state index in [4.69, 9.17) is 0 Å². The zero-order chi connectivity index (χ0) is 17.6. The van der Waals surface area contributed by atoms with Gasteiger partial charge in [0.15, 0.2) is 0 Å². The highest BCUT2D eigenvalue weighted by atomic mass is 19.1. The Morgan fingerprint density at radius 2 is 1.88 bits per heavy atom. The molecule has 1 unspecified atom stereocenters. The van der Waals surface area contributed by atoms with E-state index in [1.165, 1.54) is 12.3 Å². The van der Waals surface area contributed by atoms with Crippen LogP contribution in [0.3, 0.4) is 0 Å². The normalized spacial score (nSPS) is 11.9. The molecule has 0 aliphatic carbocycles. The number of hydrogen-bond acceptors (Lipinski definition) is 3. The zero-order valence-corrected chi connectivity index (χ0v) is 13.4. The first-order chi connectivity index (χ1) is 12.2. The van der Waals surface area contributed by atoms with E-state index in [0.717, 1.165) is 5.56 Å². The summed E-state index contributed by atoms with van der Waals surface area (Å²) in [6, 6.07) is 15.4. The van der Waals surface area contributed by atoms with Crippen molar-refractivity contribution in [3.63, 3.8) is 0 Å². The molecule has 1 heterocycles. The Morgan fingerprint density at radius 1 is 1.16 bits per heavy atom. The molecular weight excluding hydrogens is 321 g/mol. The number of hydrogen-bond donors (Lipinski definition) is 3. The summed E-state index contributed by atoms with van der Waals surface area (Å²) in [4.78, 5) is 12.4. The molecule has 3 N–H and O–H groups in total. The average molecular weight is 339 g/mol. The fourth-order valence-corrected chi connectivity index (χ4v) is 2.59. The van der Waals surface area contributed by atoms with Gasteiger partial charge in [0, 0.05) is 12.1 Å². The lowest BCUT2D eigenvalue weighted by atomic mass is 10.1. The molecule has 128 valence electrons. The van der Waals surface area contributed by atoms with Gasteiger partial charge in [0.2, 0.25) is 0 Å². The van der Waals surface area contributed by atoms with Crippen LogP contribution in [-0.4, -0.2) is 27.8 Å². The molecule has 0 saturated heterocycles. The lowest BCUT2D eigenvalue weighted by molar-refractivity contribution is 0.0943. The lowest BCUT2D eigenvalue weighted by Gasteiger charge is -2.11. The highest BCUT2D eigenvalue weighted by molar-refractivity contribution is 5.99. The molecule has 0 aliphatic rings. The van der Waals surface area contributed by atoms with Crippen LogP contribution in [0, 0.1) is 5.82 Å². The molecule has 25 heavy (non-hydrogen) atoms. The standard InChI is InChI=1S/C19H18FN3O2/c20-16-9-5-4-8-14(16)18-15(12-22-23-18)19(25)21-11-10-17(24)13-6-2-1-3-7-13/h1-9,12,17,24H,10-11H2,(H,21,25)(H,22,23). The minimum atomic E-state index is -0.656. The van der Waals surface area contributed by atoms with Crippen molar-refractivity contribution in [3.05, 3.63) is 77.7 Å². The van der Waals surface area contributed by atoms with Gasteiger partial charge in [0.05, 0.1) is 23.6 Å². The predicted octanol–water partition coefficient (Wildman–Crippen LogP) is 3.07. The van der Waals surface area contributed by atoms with Crippen molar-refractivity contribution in [1.29, 1.82) is 0 Å². The number of rotatable bonds is 6. The molecule has 1 amide bonds. The van der Waals surface area contributed by atoms with E-state index in [1.54, 1.807) is 18.2 Å². The van der Waals surface area contributed by atoms with E-state index in [2.05, 4.69) is 15.5 Å². The summed E-state index contributed by atoms with van der Waals surface area (Å²) in [5.74, 6) is -0.799. The Morgan fingerprint density at radius 3 is 2.64 bits per heavy atom. The van der Waals surface area contributed by atoms with Gasteiger partial charge < -0.3 is 10.4 Å². The van der Waals surface area contributed by atoms with Crippen LogP contribution in [0.1, 0.15) is 28.4 Å². The van der Waals surface area contributed by atoms with Crippen LogP contribution in [0.2, 0.25) is 0 Å². The smallest absolute Gasteiger partial charge is 0.255 e. The second-order valence-electron chi connectivity index (χ2n) is 5.61. The molecule has 0 saturated carbocycles. The van der Waals surface area contributed by atoms with E-state index in [0.29, 0.717) is 12.1 Å². The number of benzene rings is 2. The first kappa shape index (κ1) is 16.9. The summed E-state index contributed by atoms with van der Waals surface area (Å²) < 4.78 is 13.9. The van der Waals surface area contributed by atoms with Crippen molar-refractivity contribution in [2.75, 3.05) is 6.54 Å². The number of H-pyrrole nitrogens is 1. The van der Waals surface area contributed by atoms with Crippen molar-refractivity contribution < 1.29 is 14.3 Å². The van der Waals surface area contributed by atoms with Crippen LogP contribution in [-0.2, 0) is 0 Å². The Hall–Kier alpha value is -2.99. The molecular formula is C19H18FN3O2. The quantitative estimate of drug-likeness (QED) is 0.646. The van der Waals surface area contributed by atoms with Crippen molar-refractivity contribution in [1.82, 2.24) is 15.5 Å². The molecule has 5 nitrogen and oxygen atoms in total. The Labute approximate surface area is 144 Å². The first-order valence-electron chi connectivity index (χ1n) is 7.96. The SMILES string of the molecule is O=C(NCCC(O)c1ccccc1)c1cn[nH]c1-c1ccccc1F. The van der Waals surface area contributed by atoms with Gasteiger partial charge in [-0.2, -0.15) is 5.10 Å². The number of aliphatic hydroxyl groups excluding tert-OH is 1. The molecule has 0 fully saturated rings. The fraction of sp³-hybridized carbons (Fsp3) is 0.158. The average Bonchev–Trinajstić information content (AvgIpc) is 3.12. The molecule has 0 bridgehead atoms. The Kier molecular flexibility index (Phi) is 5.20. The van der Waals surface area contributed by atoms with Gasteiger partial charge in [0.1, 0.15) is 5.82 Å². The third kappa shape index (κ3) is 3.92. The number of amides is 1. The van der Waals surface area contributed by atoms with E-state index < -0.39 is 11.9 Å². The first-order valence-corrected chi connectivity index (χ1v) is 7.96. The third-order valence-corrected chi connectivity index (χ3v) is 3.91. The molecule has 1 aromatic heterocycles. The summed E-state index contributed by atoms with van der Waals surface area (Å²) in [5.41, 5.74) is 1.68. The number of carbonyl (C=O) groups is 1. The maximum absolute atomic E-state index is 13.9. The molecule has 1 atom stereocenters. The van der Waals surface area contributed by atoms with Gasteiger partial charge in [-0.15, -0.1) is 0 Å². The summed E-state index contributed by atoms with van der Waals surface area (Å²) in [7, 11) is 0. The van der Waals surface area contributed by atoms with Gasteiger partial charge in [0.25, 0.3) is 5.91 Å². The van der Waals surface area contributed by atoms with Crippen LogP contribution in [0.5, 0.6) is 0 Å². The second-order valence-corrected chi connectivity index (χ2v) is 5.61. The van der Waals surface area contributed by atoms with E-state index in [9.17, 15) is 14.3 Å². The molecule has 3 rings (SSSR count). The van der Waals surface area contributed by atoms with Gasteiger partial charge in [-0.3, -0.25) is 9.89 Å². The minimum Gasteiger partial charge on any atom is -0.388 e. The van der Waals surface area contributed by atoms with E-state index >= 15 is 0 Å². The fourth-order valence-electron chi connectivity index (χ4n) is 2.59. The molecule has 2 aromatic carbocycles. The summed E-state index contributed by atoms with van der Waals surface area (Å²) >= 11 is 0.